The third-order valence-electron chi connectivity index (χ3n) is 3.35. The summed E-state index contributed by atoms with van der Waals surface area (Å²) in [7, 11) is 3.98. The van der Waals surface area contributed by atoms with Crippen molar-refractivity contribution in [1.29, 1.82) is 0 Å². The Morgan fingerprint density at radius 1 is 1.35 bits per heavy atom. The Bertz CT molecular complexity index is 604. The van der Waals surface area contributed by atoms with E-state index in [-0.39, 0.29) is 0 Å². The van der Waals surface area contributed by atoms with Gasteiger partial charge in [-0.3, -0.25) is 4.68 Å². The number of hydrogen-bond donors (Lipinski definition) is 1. The molecule has 2 aromatic rings. The highest BCUT2D eigenvalue weighted by molar-refractivity contribution is 9.10. The zero-order valence-electron chi connectivity index (χ0n) is 12.4. The SMILES string of the molecule is CC(C)c1nn(C)c(N(C)Cc2ccccc2Br)c1N. The van der Waals surface area contributed by atoms with Crippen LogP contribution in [0.5, 0.6) is 0 Å². The number of anilines is 2. The van der Waals surface area contributed by atoms with Gasteiger partial charge in [0.25, 0.3) is 0 Å². The fourth-order valence-electron chi connectivity index (χ4n) is 2.39. The summed E-state index contributed by atoms with van der Waals surface area (Å²) < 4.78 is 2.97. The topological polar surface area (TPSA) is 47.1 Å². The molecule has 0 saturated heterocycles. The summed E-state index contributed by atoms with van der Waals surface area (Å²) in [4.78, 5) is 2.13. The van der Waals surface area contributed by atoms with Gasteiger partial charge in [-0.2, -0.15) is 5.10 Å². The van der Waals surface area contributed by atoms with Gasteiger partial charge in [-0.05, 0) is 17.5 Å². The maximum absolute atomic E-state index is 6.26. The quantitative estimate of drug-likeness (QED) is 0.928. The number of aromatic nitrogens is 2. The van der Waals surface area contributed by atoms with Crippen LogP contribution >= 0.6 is 15.9 Å². The maximum Gasteiger partial charge on any atom is 0.150 e. The van der Waals surface area contributed by atoms with Gasteiger partial charge in [0.15, 0.2) is 0 Å². The van der Waals surface area contributed by atoms with Crippen LogP contribution in [0.15, 0.2) is 28.7 Å². The average Bonchev–Trinajstić information content (AvgIpc) is 2.68. The molecule has 0 saturated carbocycles. The molecular weight excluding hydrogens is 316 g/mol. The summed E-state index contributed by atoms with van der Waals surface area (Å²) in [6.07, 6.45) is 0. The second kappa shape index (κ2) is 5.87. The van der Waals surface area contributed by atoms with Crippen LogP contribution in [0.3, 0.4) is 0 Å². The van der Waals surface area contributed by atoms with Crippen LogP contribution in [-0.2, 0) is 13.6 Å². The van der Waals surface area contributed by atoms with Crippen molar-refractivity contribution in [3.05, 3.63) is 40.0 Å². The fraction of sp³-hybridized carbons (Fsp3) is 0.400. The lowest BCUT2D eigenvalue weighted by Gasteiger charge is -2.20. The third-order valence-corrected chi connectivity index (χ3v) is 4.13. The standard InChI is InChI=1S/C15H21BrN4/c1-10(2)14-13(17)15(20(4)18-14)19(3)9-11-7-5-6-8-12(11)16/h5-8,10H,9,17H2,1-4H3. The lowest BCUT2D eigenvalue weighted by molar-refractivity contribution is 0.698. The molecule has 0 bridgehead atoms. The molecule has 0 amide bonds. The average molecular weight is 337 g/mol. The molecule has 1 heterocycles. The van der Waals surface area contributed by atoms with Gasteiger partial charge in [0, 0.05) is 25.1 Å². The highest BCUT2D eigenvalue weighted by Gasteiger charge is 2.19. The van der Waals surface area contributed by atoms with Crippen LogP contribution in [0.1, 0.15) is 31.0 Å². The highest BCUT2D eigenvalue weighted by Crippen LogP contribution is 2.31. The summed E-state index contributed by atoms with van der Waals surface area (Å²) in [6, 6.07) is 8.22. The van der Waals surface area contributed by atoms with E-state index in [4.69, 9.17) is 5.73 Å². The Labute approximate surface area is 128 Å². The Balaban J connectivity index is 2.30. The first-order valence-electron chi connectivity index (χ1n) is 6.68. The number of nitrogen functional groups attached to an aromatic ring is 1. The van der Waals surface area contributed by atoms with Crippen molar-refractivity contribution < 1.29 is 0 Å². The van der Waals surface area contributed by atoms with E-state index in [0.717, 1.165) is 28.2 Å². The fourth-order valence-corrected chi connectivity index (χ4v) is 2.80. The molecule has 2 rings (SSSR count). The highest BCUT2D eigenvalue weighted by atomic mass is 79.9. The second-order valence-corrected chi connectivity index (χ2v) is 6.20. The molecule has 0 radical (unpaired) electrons. The van der Waals surface area contributed by atoms with Crippen molar-refractivity contribution in [3.63, 3.8) is 0 Å². The van der Waals surface area contributed by atoms with Gasteiger partial charge in [-0.25, -0.2) is 0 Å². The van der Waals surface area contributed by atoms with Gasteiger partial charge < -0.3 is 10.6 Å². The van der Waals surface area contributed by atoms with Crippen LogP contribution in [0, 0.1) is 0 Å². The smallest absolute Gasteiger partial charge is 0.150 e. The van der Waals surface area contributed by atoms with Gasteiger partial charge in [0.2, 0.25) is 0 Å². The summed E-state index contributed by atoms with van der Waals surface area (Å²) >= 11 is 3.58. The van der Waals surface area contributed by atoms with Crippen LogP contribution < -0.4 is 10.6 Å². The van der Waals surface area contributed by atoms with E-state index in [2.05, 4.69) is 51.9 Å². The van der Waals surface area contributed by atoms with Crippen molar-refractivity contribution in [3.8, 4) is 0 Å². The van der Waals surface area contributed by atoms with E-state index < -0.39 is 0 Å². The number of hydrogen-bond acceptors (Lipinski definition) is 3. The molecule has 2 N–H and O–H groups in total. The first kappa shape index (κ1) is 14.9. The molecule has 0 atom stereocenters. The first-order chi connectivity index (χ1) is 9.41. The predicted octanol–water partition coefficient (Wildman–Crippen LogP) is 3.52. The molecule has 20 heavy (non-hydrogen) atoms. The third kappa shape index (κ3) is 2.82. The number of benzene rings is 1. The molecule has 1 aromatic heterocycles. The van der Waals surface area contributed by atoms with E-state index in [0.29, 0.717) is 5.92 Å². The van der Waals surface area contributed by atoms with Gasteiger partial charge >= 0.3 is 0 Å². The van der Waals surface area contributed by atoms with Crippen molar-refractivity contribution in [2.45, 2.75) is 26.3 Å². The molecule has 0 aliphatic heterocycles. The molecular formula is C15H21BrN4. The summed E-state index contributed by atoms with van der Waals surface area (Å²) in [5, 5.41) is 4.53. The van der Waals surface area contributed by atoms with Crippen molar-refractivity contribution in [2.24, 2.45) is 7.05 Å². The number of rotatable bonds is 4. The van der Waals surface area contributed by atoms with Gasteiger partial charge in [-0.15, -0.1) is 0 Å². The molecule has 0 unspecified atom stereocenters. The van der Waals surface area contributed by atoms with E-state index in [1.54, 1.807) is 0 Å². The van der Waals surface area contributed by atoms with E-state index in [9.17, 15) is 0 Å². The largest absolute Gasteiger partial charge is 0.394 e. The van der Waals surface area contributed by atoms with Crippen molar-refractivity contribution >= 4 is 27.4 Å². The van der Waals surface area contributed by atoms with Crippen LogP contribution in [0.2, 0.25) is 0 Å². The first-order valence-corrected chi connectivity index (χ1v) is 7.48. The Hall–Kier alpha value is -1.49. The summed E-state index contributed by atoms with van der Waals surface area (Å²) in [5.74, 6) is 1.29. The van der Waals surface area contributed by atoms with Crippen LogP contribution in [0.25, 0.3) is 0 Å². The van der Waals surface area contributed by atoms with Gasteiger partial charge in [0.1, 0.15) is 5.82 Å². The minimum Gasteiger partial charge on any atom is -0.394 e. The summed E-state index contributed by atoms with van der Waals surface area (Å²) in [5.41, 5.74) is 9.22. The molecule has 0 fully saturated rings. The Morgan fingerprint density at radius 2 is 2.00 bits per heavy atom. The molecule has 4 nitrogen and oxygen atoms in total. The zero-order valence-corrected chi connectivity index (χ0v) is 14.0. The lowest BCUT2D eigenvalue weighted by Crippen LogP contribution is -2.20. The van der Waals surface area contributed by atoms with Crippen LogP contribution in [-0.4, -0.2) is 16.8 Å². The van der Waals surface area contributed by atoms with E-state index in [1.807, 2.05) is 30.9 Å². The molecule has 108 valence electrons. The minimum atomic E-state index is 0.326. The molecule has 0 aliphatic carbocycles. The number of nitrogens with two attached hydrogens (primary N) is 1. The predicted molar refractivity (Wildman–Crippen MR) is 88.0 cm³/mol. The molecule has 0 spiro atoms. The Kier molecular flexibility index (Phi) is 4.38. The van der Waals surface area contributed by atoms with E-state index in [1.165, 1.54) is 5.56 Å². The van der Waals surface area contributed by atoms with Crippen LogP contribution in [0.4, 0.5) is 11.5 Å². The second-order valence-electron chi connectivity index (χ2n) is 5.35. The molecule has 5 heteroatoms. The summed E-state index contributed by atoms with van der Waals surface area (Å²) in [6.45, 7) is 5.00. The molecule has 0 aliphatic rings. The van der Waals surface area contributed by atoms with Crippen molar-refractivity contribution in [1.82, 2.24) is 9.78 Å². The van der Waals surface area contributed by atoms with E-state index >= 15 is 0 Å². The number of aryl methyl sites for hydroxylation is 1. The minimum absolute atomic E-state index is 0.326. The number of halogens is 1. The lowest BCUT2D eigenvalue weighted by atomic mass is 10.1. The monoisotopic (exact) mass is 336 g/mol. The normalized spacial score (nSPS) is 11.1. The molecule has 1 aromatic carbocycles. The van der Waals surface area contributed by atoms with Gasteiger partial charge in [0.05, 0.1) is 11.4 Å². The van der Waals surface area contributed by atoms with Crippen molar-refractivity contribution in [2.75, 3.05) is 17.7 Å². The van der Waals surface area contributed by atoms with Gasteiger partial charge in [-0.1, -0.05) is 48.0 Å². The zero-order chi connectivity index (χ0) is 14.9. The maximum atomic E-state index is 6.26. The number of nitrogens with zero attached hydrogens (tertiary/aromatic N) is 3. The Morgan fingerprint density at radius 3 is 2.55 bits per heavy atom.